The molecule has 1 amide bonds. The molecule has 22 heavy (non-hydrogen) atoms. The summed E-state index contributed by atoms with van der Waals surface area (Å²) in [6, 6.07) is 4.15. The minimum absolute atomic E-state index is 0.00819. The molecule has 0 saturated carbocycles. The summed E-state index contributed by atoms with van der Waals surface area (Å²) < 4.78 is 14.9. The lowest BCUT2D eigenvalue weighted by Gasteiger charge is -2.17. The quantitative estimate of drug-likeness (QED) is 0.910. The number of amides is 1. The molecule has 1 aromatic carbocycles. The van der Waals surface area contributed by atoms with Gasteiger partial charge in [0.1, 0.15) is 5.82 Å². The SMILES string of the molecule is Cn1cc([C@H]2CNC[C@@H]2C(=O)Nc2ccc(F)c(Cl)c2)cn1. The second kappa shape index (κ2) is 6.06. The van der Waals surface area contributed by atoms with Crippen molar-refractivity contribution in [1.29, 1.82) is 0 Å². The lowest BCUT2D eigenvalue weighted by Crippen LogP contribution is -2.28. The van der Waals surface area contributed by atoms with Gasteiger partial charge in [-0.1, -0.05) is 11.6 Å². The highest BCUT2D eigenvalue weighted by Crippen LogP contribution is 2.29. The van der Waals surface area contributed by atoms with E-state index in [4.69, 9.17) is 11.6 Å². The minimum atomic E-state index is -0.504. The molecular formula is C15H16ClFN4O. The van der Waals surface area contributed by atoms with Gasteiger partial charge in [-0.2, -0.15) is 5.10 Å². The summed E-state index contributed by atoms with van der Waals surface area (Å²) in [7, 11) is 1.85. The smallest absolute Gasteiger partial charge is 0.229 e. The molecular weight excluding hydrogens is 307 g/mol. The summed E-state index contributed by atoms with van der Waals surface area (Å²) >= 11 is 5.73. The molecule has 0 radical (unpaired) electrons. The third-order valence-electron chi connectivity index (χ3n) is 3.89. The number of benzene rings is 1. The van der Waals surface area contributed by atoms with Crippen LogP contribution in [-0.4, -0.2) is 28.8 Å². The van der Waals surface area contributed by atoms with E-state index in [1.54, 1.807) is 10.9 Å². The zero-order valence-electron chi connectivity index (χ0n) is 12.0. The first-order chi connectivity index (χ1) is 10.5. The molecule has 0 aliphatic carbocycles. The molecule has 1 aliphatic heterocycles. The van der Waals surface area contributed by atoms with E-state index in [-0.39, 0.29) is 22.8 Å². The van der Waals surface area contributed by atoms with E-state index < -0.39 is 5.82 Å². The Balaban J connectivity index is 1.74. The summed E-state index contributed by atoms with van der Waals surface area (Å²) in [5.41, 5.74) is 1.53. The van der Waals surface area contributed by atoms with E-state index in [9.17, 15) is 9.18 Å². The van der Waals surface area contributed by atoms with Crippen molar-refractivity contribution in [2.45, 2.75) is 5.92 Å². The first kappa shape index (κ1) is 15.0. The third-order valence-corrected chi connectivity index (χ3v) is 4.18. The lowest BCUT2D eigenvalue weighted by atomic mass is 9.90. The van der Waals surface area contributed by atoms with Gasteiger partial charge in [-0.3, -0.25) is 9.48 Å². The van der Waals surface area contributed by atoms with Crippen LogP contribution in [0.5, 0.6) is 0 Å². The van der Waals surface area contributed by atoms with Gasteiger partial charge in [0.15, 0.2) is 0 Å². The molecule has 2 N–H and O–H groups in total. The van der Waals surface area contributed by atoms with Crippen molar-refractivity contribution >= 4 is 23.2 Å². The number of aromatic nitrogens is 2. The van der Waals surface area contributed by atoms with Crippen LogP contribution in [0.15, 0.2) is 30.6 Å². The summed E-state index contributed by atoms with van der Waals surface area (Å²) in [5, 5.41) is 10.2. The van der Waals surface area contributed by atoms with Gasteiger partial charge in [0, 0.05) is 37.9 Å². The second-order valence-electron chi connectivity index (χ2n) is 5.44. The molecule has 1 aromatic heterocycles. The topological polar surface area (TPSA) is 59.0 Å². The molecule has 7 heteroatoms. The lowest BCUT2D eigenvalue weighted by molar-refractivity contribution is -0.119. The largest absolute Gasteiger partial charge is 0.326 e. The van der Waals surface area contributed by atoms with E-state index in [1.165, 1.54) is 18.2 Å². The normalized spacial score (nSPS) is 21.0. The van der Waals surface area contributed by atoms with E-state index >= 15 is 0 Å². The van der Waals surface area contributed by atoms with Gasteiger partial charge in [0.05, 0.1) is 17.1 Å². The minimum Gasteiger partial charge on any atom is -0.326 e. The Morgan fingerprint density at radius 1 is 1.50 bits per heavy atom. The summed E-state index contributed by atoms with van der Waals surface area (Å²) in [5.74, 6) is -0.741. The predicted molar refractivity (Wildman–Crippen MR) is 82.3 cm³/mol. The predicted octanol–water partition coefficient (Wildman–Crippen LogP) is 2.15. The van der Waals surface area contributed by atoms with Crippen molar-refractivity contribution in [3.63, 3.8) is 0 Å². The molecule has 3 rings (SSSR count). The van der Waals surface area contributed by atoms with Crippen LogP contribution >= 0.6 is 11.6 Å². The first-order valence-electron chi connectivity index (χ1n) is 7.00. The van der Waals surface area contributed by atoms with Crippen molar-refractivity contribution in [3.05, 3.63) is 47.0 Å². The summed E-state index contributed by atoms with van der Waals surface area (Å²) in [4.78, 5) is 12.5. The Bertz CT molecular complexity index is 703. The maximum absolute atomic E-state index is 13.2. The molecule has 0 unspecified atom stereocenters. The molecule has 1 saturated heterocycles. The Morgan fingerprint density at radius 3 is 3.00 bits per heavy atom. The average Bonchev–Trinajstić information content (AvgIpc) is 3.11. The number of nitrogens with one attached hydrogen (secondary N) is 2. The molecule has 0 bridgehead atoms. The van der Waals surface area contributed by atoms with Gasteiger partial charge in [0.25, 0.3) is 0 Å². The second-order valence-corrected chi connectivity index (χ2v) is 5.84. The molecule has 2 heterocycles. The highest BCUT2D eigenvalue weighted by atomic mass is 35.5. The van der Waals surface area contributed by atoms with Crippen molar-refractivity contribution in [2.24, 2.45) is 13.0 Å². The van der Waals surface area contributed by atoms with Gasteiger partial charge in [-0.25, -0.2) is 4.39 Å². The first-order valence-corrected chi connectivity index (χ1v) is 7.37. The molecule has 2 atom stereocenters. The van der Waals surface area contributed by atoms with Gasteiger partial charge in [-0.05, 0) is 23.8 Å². The zero-order chi connectivity index (χ0) is 15.7. The molecule has 2 aromatic rings. The average molecular weight is 323 g/mol. The number of carbonyl (C=O) groups excluding carboxylic acids is 1. The van der Waals surface area contributed by atoms with Crippen molar-refractivity contribution in [2.75, 3.05) is 18.4 Å². The molecule has 0 spiro atoms. The fourth-order valence-electron chi connectivity index (χ4n) is 2.74. The van der Waals surface area contributed by atoms with Gasteiger partial charge in [0.2, 0.25) is 5.91 Å². The van der Waals surface area contributed by atoms with E-state index in [2.05, 4.69) is 15.7 Å². The molecule has 1 fully saturated rings. The van der Waals surface area contributed by atoms with Crippen LogP contribution in [0.25, 0.3) is 0 Å². The zero-order valence-corrected chi connectivity index (χ0v) is 12.8. The van der Waals surface area contributed by atoms with Crippen LogP contribution in [0, 0.1) is 11.7 Å². The number of hydrogen-bond acceptors (Lipinski definition) is 3. The van der Waals surface area contributed by atoms with Crippen LogP contribution in [0.2, 0.25) is 5.02 Å². The number of anilines is 1. The van der Waals surface area contributed by atoms with Gasteiger partial charge in [-0.15, -0.1) is 0 Å². The number of carbonyl (C=O) groups is 1. The Kier molecular flexibility index (Phi) is 4.13. The number of halogens is 2. The number of hydrogen-bond donors (Lipinski definition) is 2. The van der Waals surface area contributed by atoms with E-state index in [1.807, 2.05) is 13.2 Å². The third kappa shape index (κ3) is 2.98. The maximum atomic E-state index is 13.2. The molecule has 1 aliphatic rings. The highest BCUT2D eigenvalue weighted by Gasteiger charge is 2.34. The monoisotopic (exact) mass is 322 g/mol. The highest BCUT2D eigenvalue weighted by molar-refractivity contribution is 6.31. The fourth-order valence-corrected chi connectivity index (χ4v) is 2.93. The Hall–Kier alpha value is -1.92. The van der Waals surface area contributed by atoms with Crippen LogP contribution in [-0.2, 0) is 11.8 Å². The number of aryl methyl sites for hydroxylation is 1. The van der Waals surface area contributed by atoms with Gasteiger partial charge < -0.3 is 10.6 Å². The van der Waals surface area contributed by atoms with Gasteiger partial charge >= 0.3 is 0 Å². The summed E-state index contributed by atoms with van der Waals surface area (Å²) in [6.07, 6.45) is 3.71. The standard InChI is InChI=1S/C15H16ClFN4O/c1-21-8-9(5-19-21)11-6-18-7-12(11)15(22)20-10-2-3-14(17)13(16)4-10/h2-5,8,11-12,18H,6-7H2,1H3,(H,20,22)/t11-,12+/m1/s1. The van der Waals surface area contributed by atoms with E-state index in [0.29, 0.717) is 12.2 Å². The van der Waals surface area contributed by atoms with E-state index in [0.717, 1.165) is 12.1 Å². The van der Waals surface area contributed by atoms with Crippen LogP contribution in [0.4, 0.5) is 10.1 Å². The van der Waals surface area contributed by atoms with Crippen molar-refractivity contribution < 1.29 is 9.18 Å². The fraction of sp³-hybridized carbons (Fsp3) is 0.333. The number of rotatable bonds is 3. The molecule has 5 nitrogen and oxygen atoms in total. The summed E-state index contributed by atoms with van der Waals surface area (Å²) in [6.45, 7) is 1.33. The van der Waals surface area contributed by atoms with Crippen molar-refractivity contribution in [3.8, 4) is 0 Å². The maximum Gasteiger partial charge on any atom is 0.229 e. The number of nitrogens with zero attached hydrogens (tertiary/aromatic N) is 2. The van der Waals surface area contributed by atoms with Crippen molar-refractivity contribution in [1.82, 2.24) is 15.1 Å². The van der Waals surface area contributed by atoms with Crippen LogP contribution in [0.3, 0.4) is 0 Å². The van der Waals surface area contributed by atoms with Crippen LogP contribution < -0.4 is 10.6 Å². The molecule has 116 valence electrons. The van der Waals surface area contributed by atoms with Crippen LogP contribution in [0.1, 0.15) is 11.5 Å². The Morgan fingerprint density at radius 2 is 2.32 bits per heavy atom. The Labute approximate surface area is 132 Å².